The zero-order valence-corrected chi connectivity index (χ0v) is 19.5. The van der Waals surface area contributed by atoms with E-state index in [0.717, 1.165) is 0 Å². The molecule has 6 nitrogen and oxygen atoms in total. The highest BCUT2D eigenvalue weighted by Crippen LogP contribution is 2.25. The van der Waals surface area contributed by atoms with Gasteiger partial charge in [0.25, 0.3) is 5.91 Å². The van der Waals surface area contributed by atoms with Crippen LogP contribution in [0.1, 0.15) is 46.1 Å². The topological polar surface area (TPSA) is 75.7 Å². The van der Waals surface area contributed by atoms with E-state index in [1.807, 2.05) is 24.3 Å². The summed E-state index contributed by atoms with van der Waals surface area (Å²) in [6.45, 7) is 9.20. The number of hydrogen-bond acceptors (Lipinski definition) is 4. The first kappa shape index (κ1) is 23.3. The number of piperidine rings is 1. The van der Waals surface area contributed by atoms with Crippen LogP contribution in [-0.4, -0.2) is 44.5 Å². The Morgan fingerprint density at radius 3 is 2.16 bits per heavy atom. The van der Waals surface area contributed by atoms with Crippen molar-refractivity contribution in [3.8, 4) is 5.75 Å². The number of ether oxygens (including phenoxy) is 1. The molecule has 3 rings (SSSR count). The number of hydrogen-bond donors (Lipinski definition) is 1. The highest BCUT2D eigenvalue weighted by molar-refractivity contribution is 7.89. The summed E-state index contributed by atoms with van der Waals surface area (Å²) in [5, 5.41) is 0. The maximum Gasteiger partial charge on any atom is 0.263 e. The minimum Gasteiger partial charge on any atom is -0.481 e. The van der Waals surface area contributed by atoms with Crippen LogP contribution < -0.4 is 9.46 Å². The minimum absolute atomic E-state index is 0.0618. The van der Waals surface area contributed by atoms with Crippen LogP contribution in [0, 0.1) is 0 Å². The van der Waals surface area contributed by atoms with Crippen LogP contribution in [0.5, 0.6) is 5.75 Å². The van der Waals surface area contributed by atoms with Crippen molar-refractivity contribution in [1.82, 2.24) is 9.62 Å². The van der Waals surface area contributed by atoms with Crippen molar-refractivity contribution >= 4 is 15.9 Å². The van der Waals surface area contributed by atoms with Gasteiger partial charge in [-0.15, -0.1) is 0 Å². The van der Waals surface area contributed by atoms with E-state index in [4.69, 9.17) is 4.74 Å². The molecule has 7 heteroatoms. The summed E-state index contributed by atoms with van der Waals surface area (Å²) in [5.74, 6) is 0.587. The molecule has 0 bridgehead atoms. The second-order valence-corrected chi connectivity index (χ2v) is 10.8. The minimum atomic E-state index is -3.55. The van der Waals surface area contributed by atoms with E-state index in [-0.39, 0.29) is 22.3 Å². The second kappa shape index (κ2) is 9.40. The Morgan fingerprint density at radius 2 is 1.61 bits per heavy atom. The van der Waals surface area contributed by atoms with Crippen LogP contribution in [0.3, 0.4) is 0 Å². The summed E-state index contributed by atoms with van der Waals surface area (Å²) < 4.78 is 33.6. The molecule has 1 saturated heterocycles. The van der Waals surface area contributed by atoms with Crippen LogP contribution in [-0.2, 0) is 20.2 Å². The Labute approximate surface area is 185 Å². The molecule has 0 aromatic heterocycles. The zero-order valence-electron chi connectivity index (χ0n) is 18.7. The first-order chi connectivity index (χ1) is 14.6. The molecule has 1 aliphatic heterocycles. The second-order valence-electron chi connectivity index (χ2n) is 9.07. The largest absolute Gasteiger partial charge is 0.481 e. The van der Waals surface area contributed by atoms with Crippen molar-refractivity contribution in [2.75, 3.05) is 13.1 Å². The molecular weight excluding hydrogens is 412 g/mol. The van der Waals surface area contributed by atoms with Gasteiger partial charge in [-0.1, -0.05) is 51.1 Å². The van der Waals surface area contributed by atoms with Gasteiger partial charge in [-0.25, -0.2) is 13.1 Å². The third-order valence-electron chi connectivity index (χ3n) is 5.56. The number of amides is 1. The lowest BCUT2D eigenvalue weighted by atomic mass is 9.87. The van der Waals surface area contributed by atoms with E-state index in [1.54, 1.807) is 42.2 Å². The molecule has 0 radical (unpaired) electrons. The molecule has 1 aliphatic rings. The van der Waals surface area contributed by atoms with Gasteiger partial charge in [0, 0.05) is 19.1 Å². The van der Waals surface area contributed by atoms with Crippen molar-refractivity contribution in [2.24, 2.45) is 0 Å². The van der Waals surface area contributed by atoms with Gasteiger partial charge in [0.05, 0.1) is 4.90 Å². The predicted molar refractivity (Wildman–Crippen MR) is 122 cm³/mol. The molecule has 168 valence electrons. The average Bonchev–Trinajstić information content (AvgIpc) is 2.74. The number of sulfonamides is 1. The van der Waals surface area contributed by atoms with Gasteiger partial charge in [0.1, 0.15) is 5.75 Å². The molecule has 2 aromatic carbocycles. The van der Waals surface area contributed by atoms with Crippen molar-refractivity contribution in [3.05, 3.63) is 60.2 Å². The predicted octanol–water partition coefficient (Wildman–Crippen LogP) is 3.72. The van der Waals surface area contributed by atoms with Gasteiger partial charge in [-0.2, -0.15) is 0 Å². The number of benzene rings is 2. The summed E-state index contributed by atoms with van der Waals surface area (Å²) in [7, 11) is -3.55. The fourth-order valence-corrected chi connectivity index (χ4v) is 4.98. The lowest BCUT2D eigenvalue weighted by Gasteiger charge is -2.33. The van der Waals surface area contributed by atoms with E-state index in [0.29, 0.717) is 31.7 Å². The number of nitrogens with one attached hydrogen (secondary N) is 1. The SMILES string of the molecule is CC(Oc1ccc(C(C)(C)C)cc1)C(=O)N1CCC(NS(=O)(=O)c2ccccc2)CC1. The van der Waals surface area contributed by atoms with E-state index >= 15 is 0 Å². The average molecular weight is 445 g/mol. The fourth-order valence-electron chi connectivity index (χ4n) is 3.65. The van der Waals surface area contributed by atoms with Gasteiger partial charge in [0.15, 0.2) is 6.10 Å². The maximum absolute atomic E-state index is 12.8. The Hall–Kier alpha value is -2.38. The normalized spacial score (nSPS) is 16.7. The molecule has 2 aromatic rings. The number of carbonyl (C=O) groups excluding carboxylic acids is 1. The van der Waals surface area contributed by atoms with E-state index in [2.05, 4.69) is 25.5 Å². The van der Waals surface area contributed by atoms with Crippen LogP contribution in [0.25, 0.3) is 0 Å². The molecule has 1 fully saturated rings. The van der Waals surface area contributed by atoms with Gasteiger partial charge in [-0.3, -0.25) is 4.79 Å². The number of likely N-dealkylation sites (tertiary alicyclic amines) is 1. The molecule has 1 unspecified atom stereocenters. The van der Waals surface area contributed by atoms with Gasteiger partial charge >= 0.3 is 0 Å². The smallest absolute Gasteiger partial charge is 0.263 e. The van der Waals surface area contributed by atoms with Crippen molar-refractivity contribution in [2.45, 2.75) is 63.0 Å². The lowest BCUT2D eigenvalue weighted by molar-refractivity contribution is -0.139. The summed E-state index contributed by atoms with van der Waals surface area (Å²) in [4.78, 5) is 14.8. The van der Waals surface area contributed by atoms with Crippen molar-refractivity contribution in [3.63, 3.8) is 0 Å². The number of rotatable bonds is 6. The molecule has 31 heavy (non-hydrogen) atoms. The molecule has 0 spiro atoms. The quantitative estimate of drug-likeness (QED) is 0.737. The number of carbonyl (C=O) groups is 1. The van der Waals surface area contributed by atoms with Crippen molar-refractivity contribution in [1.29, 1.82) is 0 Å². The third kappa shape index (κ3) is 6.08. The van der Waals surface area contributed by atoms with Crippen LogP contribution in [0.15, 0.2) is 59.5 Å². The van der Waals surface area contributed by atoms with Crippen molar-refractivity contribution < 1.29 is 17.9 Å². The molecule has 0 saturated carbocycles. The summed E-state index contributed by atoms with van der Waals surface area (Å²) in [6, 6.07) is 16.0. The number of nitrogens with zero attached hydrogens (tertiary/aromatic N) is 1. The molecule has 1 heterocycles. The van der Waals surface area contributed by atoms with Crippen LogP contribution in [0.4, 0.5) is 0 Å². The van der Waals surface area contributed by atoms with Gasteiger partial charge < -0.3 is 9.64 Å². The highest BCUT2D eigenvalue weighted by Gasteiger charge is 2.29. The molecule has 1 atom stereocenters. The lowest BCUT2D eigenvalue weighted by Crippen LogP contribution is -2.49. The Morgan fingerprint density at radius 1 is 1.03 bits per heavy atom. The first-order valence-corrected chi connectivity index (χ1v) is 12.2. The standard InChI is InChI=1S/C24H32N2O4S/c1-18(30-21-12-10-19(11-13-21)24(2,3)4)23(27)26-16-14-20(15-17-26)25-31(28,29)22-8-6-5-7-9-22/h5-13,18,20,25H,14-17H2,1-4H3. The highest BCUT2D eigenvalue weighted by atomic mass is 32.2. The van der Waals surface area contributed by atoms with Crippen LogP contribution in [0.2, 0.25) is 0 Å². The van der Waals surface area contributed by atoms with E-state index < -0.39 is 16.1 Å². The maximum atomic E-state index is 12.8. The van der Waals surface area contributed by atoms with Crippen LogP contribution >= 0.6 is 0 Å². The summed E-state index contributed by atoms with van der Waals surface area (Å²) in [6.07, 6.45) is 0.549. The van der Waals surface area contributed by atoms with Gasteiger partial charge in [0.2, 0.25) is 10.0 Å². The fraction of sp³-hybridized carbons (Fsp3) is 0.458. The van der Waals surface area contributed by atoms with E-state index in [9.17, 15) is 13.2 Å². The van der Waals surface area contributed by atoms with E-state index in [1.165, 1.54) is 5.56 Å². The molecule has 0 aliphatic carbocycles. The summed E-state index contributed by atoms with van der Waals surface area (Å²) >= 11 is 0. The Kier molecular flexibility index (Phi) is 7.06. The zero-order chi connectivity index (χ0) is 22.6. The third-order valence-corrected chi connectivity index (χ3v) is 7.10. The Balaban J connectivity index is 1.51. The van der Waals surface area contributed by atoms with Gasteiger partial charge in [-0.05, 0) is 55.0 Å². The first-order valence-electron chi connectivity index (χ1n) is 10.7. The molecule has 1 N–H and O–H groups in total. The molecular formula is C24H32N2O4S. The monoisotopic (exact) mass is 444 g/mol. The molecule has 1 amide bonds. The Bertz CT molecular complexity index is 974. The summed E-state index contributed by atoms with van der Waals surface area (Å²) in [5.41, 5.74) is 1.27.